The number of fused-ring (bicyclic) bond motifs is 1. The summed E-state index contributed by atoms with van der Waals surface area (Å²) in [6.07, 6.45) is -1.22. The number of hydrogen-bond donors (Lipinski definition) is 3. The van der Waals surface area contributed by atoms with Gasteiger partial charge < -0.3 is 25.5 Å². The van der Waals surface area contributed by atoms with Crippen molar-refractivity contribution in [1.82, 2.24) is 15.2 Å². The van der Waals surface area contributed by atoms with Crippen LogP contribution in [0.4, 0.5) is 5.13 Å². The van der Waals surface area contributed by atoms with E-state index in [9.17, 15) is 19.5 Å². The number of nitrogens with one attached hydrogen (secondary N) is 2. The number of anilines is 1. The van der Waals surface area contributed by atoms with Crippen LogP contribution in [0.1, 0.15) is 28.8 Å². The van der Waals surface area contributed by atoms with E-state index in [1.807, 2.05) is 54.6 Å². The fraction of sp³-hybridized carbons (Fsp3) is 0.242. The van der Waals surface area contributed by atoms with Gasteiger partial charge in [0, 0.05) is 11.3 Å². The van der Waals surface area contributed by atoms with Crippen molar-refractivity contribution in [1.29, 1.82) is 0 Å². The van der Waals surface area contributed by atoms with Crippen molar-refractivity contribution in [2.45, 2.75) is 29.9 Å². The van der Waals surface area contributed by atoms with Crippen molar-refractivity contribution in [3.8, 4) is 0 Å². The van der Waals surface area contributed by atoms with E-state index in [2.05, 4.69) is 52.2 Å². The number of oxime groups is 1. The summed E-state index contributed by atoms with van der Waals surface area (Å²) in [4.78, 5) is 49.9. The molecule has 2 aliphatic heterocycles. The molecule has 4 aromatic rings. The third kappa shape index (κ3) is 5.50. The Bertz CT molecular complexity index is 1660. The molecule has 236 valence electrons. The number of nitrogens with zero attached hydrogens (tertiary/aromatic N) is 3. The molecule has 0 radical (unpaired) electrons. The highest BCUT2D eigenvalue weighted by Crippen LogP contribution is 2.48. The van der Waals surface area contributed by atoms with E-state index in [0.29, 0.717) is 10.8 Å². The second kappa shape index (κ2) is 13.1. The Hall–Kier alpha value is -4.39. The molecule has 0 saturated carbocycles. The number of aromatic nitrogens is 1. The molecule has 0 bridgehead atoms. The number of alkyl halides is 1. The molecule has 6 rings (SSSR count). The number of carboxylic acids is 1. The minimum absolute atomic E-state index is 0.0933. The minimum Gasteiger partial charge on any atom is -0.480 e. The molecule has 0 spiro atoms. The molecule has 13 heteroatoms. The quantitative estimate of drug-likeness (QED) is 0.0865. The zero-order valence-corrected chi connectivity index (χ0v) is 27.0. The second-order valence-electron chi connectivity index (χ2n) is 10.8. The largest absolute Gasteiger partial charge is 0.480 e. The second-order valence-corrected chi connectivity index (χ2v) is 13.1. The van der Waals surface area contributed by atoms with Gasteiger partial charge in [0.2, 0.25) is 11.8 Å². The van der Waals surface area contributed by atoms with Crippen LogP contribution in [0.5, 0.6) is 0 Å². The van der Waals surface area contributed by atoms with E-state index in [-0.39, 0.29) is 29.2 Å². The standard InChI is InChI=1S/C33H30ClN5O5S2/c1-44-38-29-32(20-34,30(42)43)28(39-26(41)18-27(39)46-29)36-25(40)17-24-19-45-31(35-24)37-33(21-11-5-2-6-12-21,22-13-7-3-8-14-22)23-15-9-4-10-16-23/h2-16,19,27-28H,17-18,20H2,1H3,(H,35,37)(H,36,40)(H,42,43)/t27-,28?,32?/m1/s1. The molecule has 3 N–H and O–H groups in total. The van der Waals surface area contributed by atoms with Crippen molar-refractivity contribution >= 4 is 62.7 Å². The molecule has 3 atom stereocenters. The summed E-state index contributed by atoms with van der Waals surface area (Å²) >= 11 is 8.72. The van der Waals surface area contributed by atoms with Gasteiger partial charge in [-0.1, -0.05) is 108 Å². The summed E-state index contributed by atoms with van der Waals surface area (Å²) in [5, 5.41) is 22.8. The Morgan fingerprint density at radius 1 is 1.04 bits per heavy atom. The number of β-lactam (4-membered cyclic amide) rings is 1. The molecule has 2 aliphatic rings. The van der Waals surface area contributed by atoms with Crippen molar-refractivity contribution in [3.05, 3.63) is 119 Å². The van der Waals surface area contributed by atoms with E-state index in [1.54, 1.807) is 5.38 Å². The first-order valence-electron chi connectivity index (χ1n) is 14.4. The highest BCUT2D eigenvalue weighted by Gasteiger charge is 2.63. The number of amides is 2. The van der Waals surface area contributed by atoms with Gasteiger partial charge in [0.25, 0.3) is 0 Å². The lowest BCUT2D eigenvalue weighted by Gasteiger charge is -2.54. The van der Waals surface area contributed by atoms with E-state index in [4.69, 9.17) is 21.4 Å². The molecule has 1 aromatic heterocycles. The van der Waals surface area contributed by atoms with Crippen molar-refractivity contribution in [2.75, 3.05) is 18.3 Å². The summed E-state index contributed by atoms with van der Waals surface area (Å²) in [6.45, 7) is 0. The van der Waals surface area contributed by atoms with Gasteiger partial charge in [0.05, 0.1) is 23.9 Å². The summed E-state index contributed by atoms with van der Waals surface area (Å²) in [7, 11) is 1.30. The number of carboxylic acid groups (broad SMARTS) is 1. The summed E-state index contributed by atoms with van der Waals surface area (Å²) in [5.74, 6) is -2.56. The number of benzene rings is 3. The van der Waals surface area contributed by atoms with E-state index < -0.39 is 34.9 Å². The maximum atomic E-state index is 13.5. The number of halogens is 1. The average Bonchev–Trinajstić information content (AvgIpc) is 3.50. The van der Waals surface area contributed by atoms with Crippen LogP contribution < -0.4 is 10.6 Å². The number of carbonyl (C=O) groups excluding carboxylic acids is 2. The number of rotatable bonds is 11. The third-order valence-corrected chi connectivity index (χ3v) is 10.8. The van der Waals surface area contributed by atoms with Gasteiger partial charge in [-0.3, -0.25) is 14.4 Å². The number of hydrogen-bond acceptors (Lipinski definition) is 9. The number of thiazole rings is 1. The molecule has 2 fully saturated rings. The van der Waals surface area contributed by atoms with E-state index >= 15 is 0 Å². The molecular formula is C33H30ClN5O5S2. The van der Waals surface area contributed by atoms with Crippen LogP contribution >= 0.6 is 34.7 Å². The predicted molar refractivity (Wildman–Crippen MR) is 179 cm³/mol. The molecule has 2 saturated heterocycles. The Morgan fingerprint density at radius 3 is 2.09 bits per heavy atom. The number of thioether (sulfide) groups is 1. The molecule has 10 nitrogen and oxygen atoms in total. The summed E-state index contributed by atoms with van der Waals surface area (Å²) < 4.78 is 0. The maximum absolute atomic E-state index is 13.5. The van der Waals surface area contributed by atoms with Gasteiger partial charge in [-0.25, -0.2) is 4.98 Å². The lowest BCUT2D eigenvalue weighted by Crippen LogP contribution is -2.74. The topological polar surface area (TPSA) is 133 Å². The first-order chi connectivity index (χ1) is 22.3. The molecule has 2 amide bonds. The zero-order valence-electron chi connectivity index (χ0n) is 24.6. The molecule has 3 aromatic carbocycles. The van der Waals surface area contributed by atoms with Gasteiger partial charge in [-0.05, 0) is 16.7 Å². The highest BCUT2D eigenvalue weighted by molar-refractivity contribution is 8.14. The third-order valence-electron chi connectivity index (χ3n) is 8.19. The highest BCUT2D eigenvalue weighted by atomic mass is 35.5. The van der Waals surface area contributed by atoms with Crippen LogP contribution in [-0.4, -0.2) is 62.3 Å². The lowest BCUT2D eigenvalue weighted by atomic mass is 9.77. The smallest absolute Gasteiger partial charge is 0.321 e. The SMILES string of the molecule is CON=C1S[C@@H]2CC(=O)N2C(NC(=O)Cc2csc(NC(c3ccccc3)(c3ccccc3)c3ccccc3)n2)C1(CCl)C(=O)O. The normalized spacial score (nSPS) is 21.7. The van der Waals surface area contributed by atoms with Crippen molar-refractivity contribution < 1.29 is 24.3 Å². The predicted octanol–water partition coefficient (Wildman–Crippen LogP) is 5.11. The van der Waals surface area contributed by atoms with Gasteiger partial charge in [0.1, 0.15) is 23.9 Å². The number of aliphatic carboxylic acids is 1. The zero-order chi connectivity index (χ0) is 32.3. The fourth-order valence-electron chi connectivity index (χ4n) is 5.93. The monoisotopic (exact) mass is 675 g/mol. The van der Waals surface area contributed by atoms with Crippen molar-refractivity contribution in [2.24, 2.45) is 10.6 Å². The van der Waals surface area contributed by atoms with Crippen LogP contribution in [0, 0.1) is 5.41 Å². The first kappa shape index (κ1) is 31.6. The Balaban J connectivity index is 1.30. The van der Waals surface area contributed by atoms with Crippen LogP contribution in [0.3, 0.4) is 0 Å². The molecule has 46 heavy (non-hydrogen) atoms. The Kier molecular flexibility index (Phi) is 9.03. The Morgan fingerprint density at radius 2 is 1.61 bits per heavy atom. The van der Waals surface area contributed by atoms with Crippen molar-refractivity contribution in [3.63, 3.8) is 0 Å². The summed E-state index contributed by atoms with van der Waals surface area (Å²) in [5.41, 5.74) is 0.801. The minimum atomic E-state index is -1.89. The van der Waals surface area contributed by atoms with Crippen LogP contribution in [-0.2, 0) is 31.2 Å². The van der Waals surface area contributed by atoms with Gasteiger partial charge in [-0.15, -0.1) is 22.9 Å². The van der Waals surface area contributed by atoms with Gasteiger partial charge in [0.15, 0.2) is 10.5 Å². The molecule has 0 aliphatic carbocycles. The molecular weight excluding hydrogens is 646 g/mol. The van der Waals surface area contributed by atoms with Crippen LogP contribution in [0.2, 0.25) is 0 Å². The molecule has 2 unspecified atom stereocenters. The number of carbonyl (C=O) groups is 3. The summed E-state index contributed by atoms with van der Waals surface area (Å²) in [6, 6.07) is 30.3. The lowest BCUT2D eigenvalue weighted by molar-refractivity contribution is -0.159. The van der Waals surface area contributed by atoms with E-state index in [1.165, 1.54) is 23.3 Å². The van der Waals surface area contributed by atoms with Crippen LogP contribution in [0.25, 0.3) is 0 Å². The average molecular weight is 676 g/mol. The van der Waals surface area contributed by atoms with Crippen LogP contribution in [0.15, 0.2) is 102 Å². The van der Waals surface area contributed by atoms with E-state index in [0.717, 1.165) is 28.5 Å². The van der Waals surface area contributed by atoms with Gasteiger partial charge in [-0.2, -0.15) is 0 Å². The first-order valence-corrected chi connectivity index (χ1v) is 16.7. The maximum Gasteiger partial charge on any atom is 0.321 e. The Labute approximate surface area is 278 Å². The van der Waals surface area contributed by atoms with Gasteiger partial charge >= 0.3 is 5.97 Å². The fourth-order valence-corrected chi connectivity index (χ4v) is 8.60. The molecule has 3 heterocycles.